The molecule has 0 saturated heterocycles. The van der Waals surface area contributed by atoms with Gasteiger partial charge in [-0.1, -0.05) is 126 Å². The van der Waals surface area contributed by atoms with Crippen molar-refractivity contribution in [3.8, 4) is 22.5 Å². The lowest BCUT2D eigenvalue weighted by Crippen LogP contribution is -2.25. The number of aromatic nitrogens is 2. The molecule has 2 heterocycles. The number of benzene rings is 2. The van der Waals surface area contributed by atoms with Crippen molar-refractivity contribution in [1.29, 1.82) is 0 Å². The second-order valence-electron chi connectivity index (χ2n) is 11.1. The lowest BCUT2D eigenvalue weighted by Gasteiger charge is -2.33. The maximum atomic E-state index is 4.54. The van der Waals surface area contributed by atoms with E-state index in [0.717, 1.165) is 17.0 Å². The highest BCUT2D eigenvalue weighted by Crippen LogP contribution is 2.54. The Morgan fingerprint density at radius 2 is 1.23 bits per heavy atom. The minimum Gasteiger partial charge on any atom is -0.255 e. The summed E-state index contributed by atoms with van der Waals surface area (Å²) in [6.07, 6.45) is 21.1. The van der Waals surface area contributed by atoms with Gasteiger partial charge in [-0.25, -0.2) is 0 Å². The van der Waals surface area contributed by atoms with Gasteiger partial charge in [-0.15, -0.1) is 0 Å². The van der Waals surface area contributed by atoms with Crippen LogP contribution in [-0.4, -0.2) is 9.97 Å². The maximum Gasteiger partial charge on any atom is 0.0892 e. The lowest BCUT2D eigenvalue weighted by atomic mass is 9.70. The molecule has 1 aliphatic rings. The molecular formula is C37H42N2. The Bertz CT molecular complexity index is 1370. The van der Waals surface area contributed by atoms with Crippen molar-refractivity contribution in [3.05, 3.63) is 107 Å². The number of nitrogens with zero attached hydrogens (tertiary/aromatic N) is 2. The van der Waals surface area contributed by atoms with E-state index >= 15 is 0 Å². The SMILES string of the molecule is CCCCCCC1(CCCCCC)c2ccccc2-c2ccc(/C=C/c3ccnc(-c4ccccn4)c3)cc21. The van der Waals surface area contributed by atoms with Crippen molar-refractivity contribution >= 4 is 12.2 Å². The van der Waals surface area contributed by atoms with E-state index in [9.17, 15) is 0 Å². The first kappa shape index (κ1) is 27.1. The number of fused-ring (bicyclic) bond motifs is 3. The fraction of sp³-hybridized carbons (Fsp3) is 0.351. The predicted octanol–water partition coefficient (Wildman–Crippen LogP) is 10.5. The molecule has 0 spiro atoms. The molecule has 5 rings (SSSR count). The summed E-state index contributed by atoms with van der Waals surface area (Å²) in [7, 11) is 0. The second kappa shape index (κ2) is 13.0. The van der Waals surface area contributed by atoms with Crippen molar-refractivity contribution in [3.63, 3.8) is 0 Å². The Kier molecular flexibility index (Phi) is 9.04. The van der Waals surface area contributed by atoms with Gasteiger partial charge in [0.2, 0.25) is 0 Å². The molecule has 0 amide bonds. The molecule has 0 saturated carbocycles. The van der Waals surface area contributed by atoms with Gasteiger partial charge < -0.3 is 0 Å². The van der Waals surface area contributed by atoms with Crippen LogP contribution in [0.15, 0.2) is 85.2 Å². The Labute approximate surface area is 235 Å². The van der Waals surface area contributed by atoms with Crippen LogP contribution in [0.1, 0.15) is 100 Å². The van der Waals surface area contributed by atoms with Crippen molar-refractivity contribution in [2.45, 2.75) is 83.5 Å². The van der Waals surface area contributed by atoms with Gasteiger partial charge in [0.1, 0.15) is 0 Å². The monoisotopic (exact) mass is 514 g/mol. The molecule has 2 heteroatoms. The van der Waals surface area contributed by atoms with Crippen LogP contribution in [0.2, 0.25) is 0 Å². The molecule has 0 radical (unpaired) electrons. The number of hydrogen-bond acceptors (Lipinski definition) is 2. The molecule has 0 bridgehead atoms. The fourth-order valence-electron chi connectivity index (χ4n) is 6.34. The Morgan fingerprint density at radius 3 is 1.95 bits per heavy atom. The van der Waals surface area contributed by atoms with Gasteiger partial charge in [0.05, 0.1) is 11.4 Å². The van der Waals surface area contributed by atoms with Crippen LogP contribution in [0.3, 0.4) is 0 Å². The minimum absolute atomic E-state index is 0.125. The van der Waals surface area contributed by atoms with Gasteiger partial charge in [-0.3, -0.25) is 9.97 Å². The predicted molar refractivity (Wildman–Crippen MR) is 167 cm³/mol. The van der Waals surface area contributed by atoms with Crippen LogP contribution in [0.4, 0.5) is 0 Å². The molecule has 1 aliphatic carbocycles. The van der Waals surface area contributed by atoms with Crippen molar-refractivity contribution in [2.75, 3.05) is 0 Å². The fourth-order valence-corrected chi connectivity index (χ4v) is 6.34. The zero-order chi connectivity index (χ0) is 26.9. The largest absolute Gasteiger partial charge is 0.255 e. The van der Waals surface area contributed by atoms with Crippen molar-refractivity contribution < 1.29 is 0 Å². The van der Waals surface area contributed by atoms with Gasteiger partial charge in [0.15, 0.2) is 0 Å². The lowest BCUT2D eigenvalue weighted by molar-refractivity contribution is 0.401. The molecule has 0 N–H and O–H groups in total. The minimum atomic E-state index is 0.125. The standard InChI is InChI=1S/C37H42N2/c1-3-5-7-12-23-37(24-13-8-6-4-2)33-16-10-9-15-31(33)32-21-20-29(27-34(32)37)18-19-30-22-26-39-36(28-30)35-17-11-14-25-38-35/h9-11,14-22,25-28H,3-8,12-13,23-24H2,1-2H3/b19-18+. The highest BCUT2D eigenvalue weighted by molar-refractivity contribution is 5.83. The first-order chi connectivity index (χ1) is 19.2. The van der Waals surface area contributed by atoms with Crippen molar-refractivity contribution in [1.82, 2.24) is 9.97 Å². The Hall–Kier alpha value is -3.52. The third-order valence-corrected chi connectivity index (χ3v) is 8.39. The second-order valence-corrected chi connectivity index (χ2v) is 11.1. The van der Waals surface area contributed by atoms with E-state index in [-0.39, 0.29) is 5.41 Å². The summed E-state index contributed by atoms with van der Waals surface area (Å²) in [6, 6.07) is 26.5. The molecule has 2 aromatic carbocycles. The Balaban J connectivity index is 1.48. The van der Waals surface area contributed by atoms with Crippen LogP contribution in [0.25, 0.3) is 34.7 Å². The normalized spacial score (nSPS) is 13.5. The van der Waals surface area contributed by atoms with E-state index < -0.39 is 0 Å². The molecule has 200 valence electrons. The highest BCUT2D eigenvalue weighted by Gasteiger charge is 2.41. The first-order valence-electron chi connectivity index (χ1n) is 15.0. The average Bonchev–Trinajstić information content (AvgIpc) is 3.26. The molecule has 0 unspecified atom stereocenters. The van der Waals surface area contributed by atoms with Gasteiger partial charge in [0.25, 0.3) is 0 Å². The molecule has 4 aromatic rings. The number of hydrogen-bond donors (Lipinski definition) is 0. The highest BCUT2D eigenvalue weighted by atomic mass is 14.8. The Morgan fingerprint density at radius 1 is 0.564 bits per heavy atom. The maximum absolute atomic E-state index is 4.54. The molecular weight excluding hydrogens is 472 g/mol. The summed E-state index contributed by atoms with van der Waals surface area (Å²) in [5.41, 5.74) is 10.3. The van der Waals surface area contributed by atoms with Gasteiger partial charge in [0, 0.05) is 17.8 Å². The van der Waals surface area contributed by atoms with Gasteiger partial charge in [-0.05, 0) is 70.5 Å². The summed E-state index contributed by atoms with van der Waals surface area (Å²) in [6.45, 7) is 4.61. The van der Waals surface area contributed by atoms with Crippen molar-refractivity contribution in [2.24, 2.45) is 0 Å². The number of rotatable bonds is 13. The van der Waals surface area contributed by atoms with E-state index in [1.165, 1.54) is 80.9 Å². The summed E-state index contributed by atoms with van der Waals surface area (Å²) in [4.78, 5) is 9.01. The van der Waals surface area contributed by atoms with Crippen LogP contribution in [-0.2, 0) is 5.41 Å². The van der Waals surface area contributed by atoms with Crippen LogP contribution in [0, 0.1) is 0 Å². The van der Waals surface area contributed by atoms with E-state index in [2.05, 4.69) is 90.6 Å². The molecule has 2 nitrogen and oxygen atoms in total. The van der Waals surface area contributed by atoms with Crippen LogP contribution >= 0.6 is 0 Å². The number of pyridine rings is 2. The van der Waals surface area contributed by atoms with Gasteiger partial charge >= 0.3 is 0 Å². The molecule has 39 heavy (non-hydrogen) atoms. The van der Waals surface area contributed by atoms with E-state index in [1.807, 2.05) is 30.6 Å². The summed E-state index contributed by atoms with van der Waals surface area (Å²) in [5, 5.41) is 0. The van der Waals surface area contributed by atoms with Crippen LogP contribution in [0.5, 0.6) is 0 Å². The topological polar surface area (TPSA) is 25.8 Å². The molecule has 0 fully saturated rings. The average molecular weight is 515 g/mol. The van der Waals surface area contributed by atoms with Gasteiger partial charge in [-0.2, -0.15) is 0 Å². The van der Waals surface area contributed by atoms with Crippen LogP contribution < -0.4 is 0 Å². The number of unbranched alkanes of at least 4 members (excludes halogenated alkanes) is 6. The smallest absolute Gasteiger partial charge is 0.0892 e. The zero-order valence-electron chi connectivity index (χ0n) is 23.7. The summed E-state index contributed by atoms with van der Waals surface area (Å²) >= 11 is 0. The summed E-state index contributed by atoms with van der Waals surface area (Å²) < 4.78 is 0. The van der Waals surface area contributed by atoms with E-state index in [1.54, 1.807) is 11.1 Å². The third-order valence-electron chi connectivity index (χ3n) is 8.39. The van der Waals surface area contributed by atoms with E-state index in [0.29, 0.717) is 0 Å². The summed E-state index contributed by atoms with van der Waals surface area (Å²) in [5.74, 6) is 0. The first-order valence-corrected chi connectivity index (χ1v) is 15.0. The third kappa shape index (κ3) is 6.06. The zero-order valence-corrected chi connectivity index (χ0v) is 23.7. The molecule has 0 atom stereocenters. The van der Waals surface area contributed by atoms with E-state index in [4.69, 9.17) is 0 Å². The molecule has 2 aromatic heterocycles. The quantitative estimate of drug-likeness (QED) is 0.166. The molecule has 0 aliphatic heterocycles.